The van der Waals surface area contributed by atoms with Gasteiger partial charge in [-0.2, -0.15) is 0 Å². The van der Waals surface area contributed by atoms with Crippen molar-refractivity contribution < 1.29 is 19.8 Å². The molecule has 2 rings (SSSR count). The topological polar surface area (TPSA) is 89.9 Å². The van der Waals surface area contributed by atoms with Crippen LogP contribution in [0.5, 0.6) is 5.75 Å². The Balaban J connectivity index is 1.97. The van der Waals surface area contributed by atoms with E-state index in [4.69, 9.17) is 5.11 Å². The van der Waals surface area contributed by atoms with Crippen molar-refractivity contribution in [1.29, 1.82) is 0 Å². The van der Waals surface area contributed by atoms with Gasteiger partial charge < -0.3 is 20.4 Å². The quantitative estimate of drug-likeness (QED) is 0.745. The molecular formula is C16H22N2O4. The number of nitrogens with one attached hydrogen (secondary N) is 1. The standard InChI is InChI=1S/C16H22N2O4/c19-14-8-6-13(7-9-14)18(11-16(21)22)10-15(20)17-12-4-2-1-3-5-12/h6-9,12,19H,1-5,10-11H2,(H,17,20)(H,21,22). The average molecular weight is 306 g/mol. The maximum Gasteiger partial charge on any atom is 0.323 e. The van der Waals surface area contributed by atoms with Crippen LogP contribution in [0.1, 0.15) is 32.1 Å². The van der Waals surface area contributed by atoms with Gasteiger partial charge >= 0.3 is 5.97 Å². The number of anilines is 1. The predicted octanol–water partition coefficient (Wildman–Crippen LogP) is 1.73. The van der Waals surface area contributed by atoms with Gasteiger partial charge in [-0.25, -0.2) is 0 Å². The van der Waals surface area contributed by atoms with E-state index < -0.39 is 5.97 Å². The smallest absolute Gasteiger partial charge is 0.323 e. The first-order valence-corrected chi connectivity index (χ1v) is 7.60. The molecule has 0 radical (unpaired) electrons. The number of hydrogen-bond acceptors (Lipinski definition) is 4. The van der Waals surface area contributed by atoms with Crippen LogP contribution in [0, 0.1) is 0 Å². The monoisotopic (exact) mass is 306 g/mol. The molecule has 120 valence electrons. The molecule has 6 nitrogen and oxygen atoms in total. The molecule has 1 fully saturated rings. The molecule has 0 bridgehead atoms. The molecule has 0 saturated heterocycles. The summed E-state index contributed by atoms with van der Waals surface area (Å²) in [4.78, 5) is 24.6. The van der Waals surface area contributed by atoms with Crippen molar-refractivity contribution in [2.75, 3.05) is 18.0 Å². The van der Waals surface area contributed by atoms with Gasteiger partial charge in [0.2, 0.25) is 5.91 Å². The third kappa shape index (κ3) is 4.95. The van der Waals surface area contributed by atoms with E-state index in [-0.39, 0.29) is 30.8 Å². The first-order valence-electron chi connectivity index (χ1n) is 7.60. The van der Waals surface area contributed by atoms with Crippen LogP contribution in [0.4, 0.5) is 5.69 Å². The first kappa shape index (κ1) is 16.1. The van der Waals surface area contributed by atoms with E-state index in [2.05, 4.69) is 5.32 Å². The second kappa shape index (κ2) is 7.68. The van der Waals surface area contributed by atoms with Crippen molar-refractivity contribution in [2.45, 2.75) is 38.1 Å². The molecular weight excluding hydrogens is 284 g/mol. The average Bonchev–Trinajstić information content (AvgIpc) is 2.48. The molecule has 1 saturated carbocycles. The number of phenols is 1. The van der Waals surface area contributed by atoms with E-state index in [0.717, 1.165) is 25.7 Å². The third-order valence-corrected chi connectivity index (χ3v) is 3.85. The summed E-state index contributed by atoms with van der Waals surface area (Å²) < 4.78 is 0. The maximum absolute atomic E-state index is 12.1. The number of nitrogens with zero attached hydrogens (tertiary/aromatic N) is 1. The summed E-state index contributed by atoms with van der Waals surface area (Å²) in [6, 6.07) is 6.36. The van der Waals surface area contributed by atoms with E-state index in [1.807, 2.05) is 0 Å². The molecule has 1 amide bonds. The largest absolute Gasteiger partial charge is 0.508 e. The van der Waals surface area contributed by atoms with Crippen LogP contribution in [0.2, 0.25) is 0 Å². The Bertz CT molecular complexity index is 509. The summed E-state index contributed by atoms with van der Waals surface area (Å²) in [6.07, 6.45) is 5.45. The number of carboxylic acids is 1. The Morgan fingerprint density at radius 2 is 1.73 bits per heavy atom. The van der Waals surface area contributed by atoms with Crippen molar-refractivity contribution in [1.82, 2.24) is 5.32 Å². The lowest BCUT2D eigenvalue weighted by Crippen LogP contribution is -2.44. The van der Waals surface area contributed by atoms with Crippen LogP contribution in [0.15, 0.2) is 24.3 Å². The second-order valence-electron chi connectivity index (χ2n) is 5.67. The van der Waals surface area contributed by atoms with Gasteiger partial charge in [0.1, 0.15) is 12.3 Å². The van der Waals surface area contributed by atoms with Crippen molar-refractivity contribution in [2.24, 2.45) is 0 Å². The normalized spacial score (nSPS) is 15.3. The summed E-state index contributed by atoms with van der Waals surface area (Å²) in [6.45, 7) is -0.267. The van der Waals surface area contributed by atoms with Crippen LogP contribution < -0.4 is 10.2 Å². The zero-order valence-corrected chi connectivity index (χ0v) is 12.5. The van der Waals surface area contributed by atoms with Crippen LogP contribution in [-0.4, -0.2) is 41.2 Å². The lowest BCUT2D eigenvalue weighted by molar-refractivity contribution is -0.135. The van der Waals surface area contributed by atoms with Crippen LogP contribution in [0.3, 0.4) is 0 Å². The van der Waals surface area contributed by atoms with Gasteiger partial charge in [-0.1, -0.05) is 19.3 Å². The number of amides is 1. The highest BCUT2D eigenvalue weighted by molar-refractivity contribution is 5.84. The Morgan fingerprint density at radius 1 is 1.09 bits per heavy atom. The van der Waals surface area contributed by atoms with E-state index in [9.17, 15) is 14.7 Å². The zero-order valence-electron chi connectivity index (χ0n) is 12.5. The molecule has 0 spiro atoms. The maximum atomic E-state index is 12.1. The third-order valence-electron chi connectivity index (χ3n) is 3.85. The Morgan fingerprint density at radius 3 is 2.32 bits per heavy atom. The minimum Gasteiger partial charge on any atom is -0.508 e. The number of hydrogen-bond donors (Lipinski definition) is 3. The van der Waals surface area contributed by atoms with E-state index in [1.54, 1.807) is 12.1 Å². The van der Waals surface area contributed by atoms with Gasteiger partial charge in [0.05, 0.1) is 6.54 Å². The van der Waals surface area contributed by atoms with Crippen molar-refractivity contribution in [3.8, 4) is 5.75 Å². The highest BCUT2D eigenvalue weighted by Gasteiger charge is 2.19. The number of carbonyl (C=O) groups is 2. The second-order valence-corrected chi connectivity index (χ2v) is 5.67. The van der Waals surface area contributed by atoms with Crippen LogP contribution in [0.25, 0.3) is 0 Å². The Labute approximate surface area is 129 Å². The van der Waals surface area contributed by atoms with E-state index in [1.165, 1.54) is 23.5 Å². The lowest BCUT2D eigenvalue weighted by Gasteiger charge is -2.26. The van der Waals surface area contributed by atoms with Gasteiger partial charge in [-0.3, -0.25) is 9.59 Å². The van der Waals surface area contributed by atoms with E-state index in [0.29, 0.717) is 5.69 Å². The Hall–Kier alpha value is -2.24. The zero-order chi connectivity index (χ0) is 15.9. The van der Waals surface area contributed by atoms with Crippen molar-refractivity contribution >= 4 is 17.6 Å². The van der Waals surface area contributed by atoms with Crippen molar-refractivity contribution in [3.05, 3.63) is 24.3 Å². The summed E-state index contributed by atoms with van der Waals surface area (Å²) in [7, 11) is 0. The minimum absolute atomic E-state index is 0.00637. The molecule has 0 aliphatic heterocycles. The first-order chi connectivity index (χ1) is 10.5. The molecule has 0 aromatic heterocycles. The van der Waals surface area contributed by atoms with Gasteiger partial charge in [0.15, 0.2) is 0 Å². The lowest BCUT2D eigenvalue weighted by atomic mass is 9.95. The highest BCUT2D eigenvalue weighted by atomic mass is 16.4. The van der Waals surface area contributed by atoms with Gasteiger partial charge in [0, 0.05) is 11.7 Å². The molecule has 1 aliphatic rings. The number of aliphatic carboxylic acids is 1. The summed E-state index contributed by atoms with van der Waals surface area (Å²) in [5.41, 5.74) is 0.596. The predicted molar refractivity (Wildman–Crippen MR) is 83.0 cm³/mol. The molecule has 0 atom stereocenters. The number of phenolic OH excluding ortho intramolecular Hbond substituents is 1. The molecule has 1 aromatic carbocycles. The van der Waals surface area contributed by atoms with E-state index >= 15 is 0 Å². The van der Waals surface area contributed by atoms with Gasteiger partial charge in [0.25, 0.3) is 0 Å². The molecule has 1 aliphatic carbocycles. The number of carbonyl (C=O) groups excluding carboxylic acids is 1. The molecule has 1 aromatic rings. The molecule has 0 heterocycles. The fourth-order valence-corrected chi connectivity index (χ4v) is 2.76. The fraction of sp³-hybridized carbons (Fsp3) is 0.500. The van der Waals surface area contributed by atoms with Crippen LogP contribution >= 0.6 is 0 Å². The summed E-state index contributed by atoms with van der Waals surface area (Å²) in [5.74, 6) is -1.06. The number of benzene rings is 1. The molecule has 6 heteroatoms. The molecule has 3 N–H and O–H groups in total. The van der Waals surface area contributed by atoms with Gasteiger partial charge in [-0.15, -0.1) is 0 Å². The van der Waals surface area contributed by atoms with Gasteiger partial charge in [-0.05, 0) is 37.1 Å². The highest BCUT2D eigenvalue weighted by Crippen LogP contribution is 2.19. The van der Waals surface area contributed by atoms with Crippen LogP contribution in [-0.2, 0) is 9.59 Å². The SMILES string of the molecule is O=C(O)CN(CC(=O)NC1CCCCC1)c1ccc(O)cc1. The Kier molecular flexibility index (Phi) is 5.63. The number of aromatic hydroxyl groups is 1. The number of carboxylic acid groups (broad SMARTS) is 1. The number of rotatable bonds is 6. The van der Waals surface area contributed by atoms with Crippen molar-refractivity contribution in [3.63, 3.8) is 0 Å². The fourth-order valence-electron chi connectivity index (χ4n) is 2.76. The molecule has 0 unspecified atom stereocenters. The minimum atomic E-state index is -1.00. The molecule has 22 heavy (non-hydrogen) atoms. The summed E-state index contributed by atoms with van der Waals surface area (Å²) in [5, 5.41) is 21.3. The summed E-state index contributed by atoms with van der Waals surface area (Å²) >= 11 is 0.